The Kier molecular flexibility index (Phi) is 1.81. The second-order valence-electron chi connectivity index (χ2n) is 2.52. The maximum Gasteiger partial charge on any atom is 0.187 e. The van der Waals surface area contributed by atoms with Crippen molar-refractivity contribution in [1.82, 2.24) is 0 Å². The standard InChI is InChI=1S/C11H8N/c1-2-6-10(7-3-1)11-8-4-5-9-12-11/h1-8H/q+1. The molecule has 0 aliphatic carbocycles. The smallest absolute Gasteiger partial charge is 0.0655 e. The molecule has 1 aromatic rings. The van der Waals surface area contributed by atoms with E-state index < -0.39 is 0 Å². The summed E-state index contributed by atoms with van der Waals surface area (Å²) < 4.78 is 0. The van der Waals surface area contributed by atoms with E-state index >= 15 is 0 Å². The van der Waals surface area contributed by atoms with Gasteiger partial charge in [0.05, 0.1) is 17.7 Å². The van der Waals surface area contributed by atoms with Crippen LogP contribution in [0.3, 0.4) is 0 Å². The fourth-order valence-corrected chi connectivity index (χ4v) is 1.10. The molecule has 0 bridgehead atoms. The number of benzene rings is 1. The van der Waals surface area contributed by atoms with Crippen molar-refractivity contribution in [3.8, 4) is 0 Å². The van der Waals surface area contributed by atoms with Crippen molar-refractivity contribution >= 4 is 11.9 Å². The minimum absolute atomic E-state index is 0.970. The zero-order chi connectivity index (χ0) is 8.23. The molecule has 0 saturated heterocycles. The van der Waals surface area contributed by atoms with Gasteiger partial charge in [-0.2, -0.15) is 0 Å². The molecule has 2 rings (SSSR count). The summed E-state index contributed by atoms with van der Waals surface area (Å²) in [7, 11) is 0. The third-order valence-electron chi connectivity index (χ3n) is 1.68. The van der Waals surface area contributed by atoms with Crippen molar-refractivity contribution in [3.05, 3.63) is 54.1 Å². The van der Waals surface area contributed by atoms with Crippen LogP contribution >= 0.6 is 0 Å². The van der Waals surface area contributed by atoms with E-state index in [9.17, 15) is 0 Å². The Labute approximate surface area is 71.8 Å². The van der Waals surface area contributed by atoms with Gasteiger partial charge in [0.25, 0.3) is 0 Å². The molecule has 0 radical (unpaired) electrons. The first-order valence-corrected chi connectivity index (χ1v) is 3.85. The van der Waals surface area contributed by atoms with Crippen LogP contribution in [-0.4, -0.2) is 6.21 Å². The van der Waals surface area contributed by atoms with E-state index in [4.69, 9.17) is 0 Å². The highest BCUT2D eigenvalue weighted by Gasteiger charge is 2.06. The van der Waals surface area contributed by atoms with Crippen molar-refractivity contribution in [2.24, 2.45) is 4.99 Å². The summed E-state index contributed by atoms with van der Waals surface area (Å²) in [6.07, 6.45) is 8.53. The van der Waals surface area contributed by atoms with E-state index in [0.717, 1.165) is 11.3 Å². The lowest BCUT2D eigenvalue weighted by Gasteiger charge is -1.92. The summed E-state index contributed by atoms with van der Waals surface area (Å²) in [6.45, 7) is 0. The molecule has 0 unspecified atom stereocenters. The van der Waals surface area contributed by atoms with Crippen LogP contribution in [0.15, 0.2) is 53.6 Å². The van der Waals surface area contributed by atoms with E-state index in [1.807, 2.05) is 42.5 Å². The molecule has 1 aromatic carbocycles. The number of hydrogen-bond donors (Lipinski definition) is 0. The molecule has 1 heteroatoms. The Morgan fingerprint density at radius 1 is 1.08 bits per heavy atom. The topological polar surface area (TPSA) is 12.4 Å². The Hall–Kier alpha value is -1.72. The minimum atomic E-state index is 0.970. The van der Waals surface area contributed by atoms with Crippen LogP contribution in [-0.2, 0) is 0 Å². The van der Waals surface area contributed by atoms with Gasteiger partial charge in [-0.1, -0.05) is 23.2 Å². The zero-order valence-corrected chi connectivity index (χ0v) is 6.57. The molecule has 0 saturated carbocycles. The maximum absolute atomic E-state index is 4.12. The molecule has 12 heavy (non-hydrogen) atoms. The minimum Gasteiger partial charge on any atom is -0.0655 e. The van der Waals surface area contributed by atoms with Crippen LogP contribution < -0.4 is 0 Å². The molecule has 0 amide bonds. The molecular weight excluding hydrogens is 146 g/mol. The Bertz CT molecular complexity index is 345. The lowest BCUT2D eigenvalue weighted by molar-refractivity contribution is 1.50. The fourth-order valence-electron chi connectivity index (χ4n) is 1.10. The van der Waals surface area contributed by atoms with E-state index in [1.54, 1.807) is 6.08 Å². The van der Waals surface area contributed by atoms with Crippen LogP contribution in [0.4, 0.5) is 0 Å². The molecule has 0 N–H and O–H groups in total. The van der Waals surface area contributed by atoms with Crippen LogP contribution in [0.1, 0.15) is 5.56 Å². The Morgan fingerprint density at radius 2 is 1.92 bits per heavy atom. The second-order valence-corrected chi connectivity index (χ2v) is 2.52. The summed E-state index contributed by atoms with van der Waals surface area (Å²) in [5.74, 6) is 0. The first-order valence-electron chi connectivity index (χ1n) is 3.85. The van der Waals surface area contributed by atoms with E-state index in [2.05, 4.69) is 11.2 Å². The number of rotatable bonds is 1. The van der Waals surface area contributed by atoms with Gasteiger partial charge in [0.2, 0.25) is 0 Å². The summed E-state index contributed by atoms with van der Waals surface area (Å²) in [4.78, 5) is 4.12. The van der Waals surface area contributed by atoms with Gasteiger partial charge in [0.15, 0.2) is 11.9 Å². The van der Waals surface area contributed by atoms with Gasteiger partial charge in [0, 0.05) is 0 Å². The summed E-state index contributed by atoms with van der Waals surface area (Å²) in [6, 6.07) is 10.1. The van der Waals surface area contributed by atoms with Crippen LogP contribution in [0, 0.1) is 0 Å². The van der Waals surface area contributed by atoms with Crippen molar-refractivity contribution in [2.45, 2.75) is 0 Å². The highest BCUT2D eigenvalue weighted by atomic mass is 14.7. The number of nitrogens with zero attached hydrogens (tertiary/aromatic N) is 1. The van der Waals surface area contributed by atoms with Crippen molar-refractivity contribution in [3.63, 3.8) is 0 Å². The molecule has 0 atom stereocenters. The van der Waals surface area contributed by atoms with Crippen LogP contribution in [0.2, 0.25) is 0 Å². The Morgan fingerprint density at radius 3 is 2.58 bits per heavy atom. The largest absolute Gasteiger partial charge is 0.187 e. The second kappa shape index (κ2) is 3.12. The van der Waals surface area contributed by atoms with E-state index in [0.29, 0.717) is 0 Å². The number of hydrogen-bond acceptors (Lipinski definition) is 1. The summed E-state index contributed by atoms with van der Waals surface area (Å²) in [5, 5.41) is 0. The molecule has 1 aliphatic heterocycles. The van der Waals surface area contributed by atoms with E-state index in [-0.39, 0.29) is 0 Å². The molecule has 1 heterocycles. The molecule has 1 aliphatic rings. The SMILES string of the molecule is [C+]1=NC(c2ccccc2)=CC=C1. The van der Waals surface area contributed by atoms with Crippen LogP contribution in [0.25, 0.3) is 5.70 Å². The molecule has 0 aromatic heterocycles. The monoisotopic (exact) mass is 154 g/mol. The number of aliphatic imine (C=N–C) groups is 1. The highest BCUT2D eigenvalue weighted by molar-refractivity contribution is 5.83. The molecule has 56 valence electrons. The lowest BCUT2D eigenvalue weighted by Crippen LogP contribution is -1.83. The molecule has 0 fully saturated rings. The zero-order valence-electron chi connectivity index (χ0n) is 6.57. The van der Waals surface area contributed by atoms with Gasteiger partial charge >= 0.3 is 0 Å². The first-order chi connectivity index (χ1) is 5.97. The fraction of sp³-hybridized carbons (Fsp3) is 0. The average molecular weight is 154 g/mol. The summed E-state index contributed by atoms with van der Waals surface area (Å²) in [5.41, 5.74) is 2.10. The van der Waals surface area contributed by atoms with Gasteiger partial charge < -0.3 is 0 Å². The van der Waals surface area contributed by atoms with Gasteiger partial charge in [0.1, 0.15) is 6.08 Å². The normalized spacial score (nSPS) is 13.8. The third kappa shape index (κ3) is 1.31. The van der Waals surface area contributed by atoms with Crippen molar-refractivity contribution < 1.29 is 0 Å². The van der Waals surface area contributed by atoms with Gasteiger partial charge in [-0.15, -0.1) is 0 Å². The maximum atomic E-state index is 4.12. The Balaban J connectivity index is 2.38. The predicted octanol–water partition coefficient (Wildman–Crippen LogP) is 2.55. The van der Waals surface area contributed by atoms with E-state index in [1.165, 1.54) is 0 Å². The van der Waals surface area contributed by atoms with Gasteiger partial charge in [-0.25, -0.2) is 0 Å². The summed E-state index contributed by atoms with van der Waals surface area (Å²) >= 11 is 0. The van der Waals surface area contributed by atoms with Gasteiger partial charge in [-0.05, 0) is 12.1 Å². The highest BCUT2D eigenvalue weighted by Crippen LogP contribution is 2.16. The third-order valence-corrected chi connectivity index (χ3v) is 1.68. The molecular formula is C11H8N+. The molecule has 1 nitrogen and oxygen atoms in total. The lowest BCUT2D eigenvalue weighted by atomic mass is 10.1. The quantitative estimate of drug-likeness (QED) is 0.551. The van der Waals surface area contributed by atoms with Gasteiger partial charge in [-0.3, -0.25) is 0 Å². The van der Waals surface area contributed by atoms with Crippen molar-refractivity contribution in [1.29, 1.82) is 0 Å². The average Bonchev–Trinajstić information content (AvgIpc) is 2.21. The predicted molar refractivity (Wildman–Crippen MR) is 51.0 cm³/mol. The van der Waals surface area contributed by atoms with Crippen molar-refractivity contribution in [2.75, 3.05) is 0 Å². The molecule has 0 spiro atoms. The first kappa shape index (κ1) is 6.96. The number of allylic oxidation sites excluding steroid dienone is 3. The van der Waals surface area contributed by atoms with Crippen LogP contribution in [0.5, 0.6) is 0 Å².